The third-order valence-corrected chi connectivity index (χ3v) is 3.88. The lowest BCUT2D eigenvalue weighted by atomic mass is 10.0. The fourth-order valence-electron chi connectivity index (χ4n) is 2.46. The molecule has 0 bridgehead atoms. The van der Waals surface area contributed by atoms with Crippen molar-refractivity contribution >= 4 is 11.8 Å². The van der Waals surface area contributed by atoms with Crippen molar-refractivity contribution in [1.29, 1.82) is 0 Å². The van der Waals surface area contributed by atoms with Crippen molar-refractivity contribution in [3.8, 4) is 0 Å². The number of benzene rings is 1. The topological polar surface area (TPSA) is 71.3 Å². The molecule has 0 aliphatic heterocycles. The van der Waals surface area contributed by atoms with Crippen LogP contribution in [0.5, 0.6) is 0 Å². The van der Waals surface area contributed by atoms with Crippen LogP contribution in [0.25, 0.3) is 0 Å². The minimum absolute atomic E-state index is 0.0124. The molecule has 1 aromatic carbocycles. The Bertz CT molecular complexity index is 678. The Labute approximate surface area is 142 Å². The van der Waals surface area contributed by atoms with Crippen molar-refractivity contribution in [3.05, 3.63) is 59.5 Å². The SMILES string of the molecule is Cc1ccccc1C(=O)N[C@H](C(=O)NCCc1ccco1)C(C)C. The van der Waals surface area contributed by atoms with Gasteiger partial charge in [-0.3, -0.25) is 9.59 Å². The summed E-state index contributed by atoms with van der Waals surface area (Å²) in [6.45, 7) is 6.17. The van der Waals surface area contributed by atoms with Crippen LogP contribution in [0, 0.1) is 12.8 Å². The van der Waals surface area contributed by atoms with Gasteiger partial charge in [-0.05, 0) is 36.6 Å². The molecule has 2 amide bonds. The van der Waals surface area contributed by atoms with Crippen LogP contribution >= 0.6 is 0 Å². The fourth-order valence-corrected chi connectivity index (χ4v) is 2.46. The van der Waals surface area contributed by atoms with E-state index in [9.17, 15) is 9.59 Å². The molecule has 1 aromatic heterocycles. The van der Waals surface area contributed by atoms with E-state index in [1.165, 1.54) is 0 Å². The number of aryl methyl sites for hydroxylation is 1. The molecule has 24 heavy (non-hydrogen) atoms. The van der Waals surface area contributed by atoms with E-state index in [2.05, 4.69) is 10.6 Å². The zero-order valence-electron chi connectivity index (χ0n) is 14.3. The monoisotopic (exact) mass is 328 g/mol. The van der Waals surface area contributed by atoms with Gasteiger partial charge in [0, 0.05) is 18.5 Å². The van der Waals surface area contributed by atoms with Crippen molar-refractivity contribution in [2.45, 2.75) is 33.2 Å². The van der Waals surface area contributed by atoms with E-state index in [-0.39, 0.29) is 17.7 Å². The molecule has 0 fully saturated rings. The first kappa shape index (κ1) is 17.8. The lowest BCUT2D eigenvalue weighted by Gasteiger charge is -2.22. The predicted octanol–water partition coefficient (Wildman–Crippen LogP) is 2.70. The first-order valence-corrected chi connectivity index (χ1v) is 8.15. The molecule has 0 unspecified atom stereocenters. The second kappa shape index (κ2) is 8.34. The van der Waals surface area contributed by atoms with E-state index in [0.29, 0.717) is 18.5 Å². The van der Waals surface area contributed by atoms with Gasteiger partial charge in [0.1, 0.15) is 11.8 Å². The number of hydrogen-bond acceptors (Lipinski definition) is 3. The van der Waals surface area contributed by atoms with Crippen LogP contribution in [0.1, 0.15) is 35.5 Å². The highest BCUT2D eigenvalue weighted by Crippen LogP contribution is 2.09. The van der Waals surface area contributed by atoms with Crippen molar-refractivity contribution < 1.29 is 14.0 Å². The normalized spacial score (nSPS) is 12.0. The maximum absolute atomic E-state index is 12.4. The van der Waals surface area contributed by atoms with E-state index in [0.717, 1.165) is 11.3 Å². The summed E-state index contributed by atoms with van der Waals surface area (Å²) >= 11 is 0. The number of nitrogens with one attached hydrogen (secondary N) is 2. The highest BCUT2D eigenvalue weighted by molar-refractivity contribution is 5.98. The second-order valence-electron chi connectivity index (χ2n) is 6.13. The largest absolute Gasteiger partial charge is 0.469 e. The zero-order chi connectivity index (χ0) is 17.5. The molecule has 2 aromatic rings. The summed E-state index contributed by atoms with van der Waals surface area (Å²) in [7, 11) is 0. The highest BCUT2D eigenvalue weighted by atomic mass is 16.3. The summed E-state index contributed by atoms with van der Waals surface area (Å²) in [6.07, 6.45) is 2.23. The van der Waals surface area contributed by atoms with Gasteiger partial charge in [-0.2, -0.15) is 0 Å². The molecule has 1 atom stereocenters. The van der Waals surface area contributed by atoms with Gasteiger partial charge < -0.3 is 15.1 Å². The van der Waals surface area contributed by atoms with E-state index < -0.39 is 6.04 Å². The first-order valence-electron chi connectivity index (χ1n) is 8.15. The number of hydrogen-bond donors (Lipinski definition) is 2. The van der Waals surface area contributed by atoms with Crippen LogP contribution in [-0.2, 0) is 11.2 Å². The van der Waals surface area contributed by atoms with Crippen molar-refractivity contribution in [2.24, 2.45) is 5.92 Å². The number of carbonyl (C=O) groups is 2. The second-order valence-corrected chi connectivity index (χ2v) is 6.13. The van der Waals surface area contributed by atoms with E-state index in [4.69, 9.17) is 4.42 Å². The van der Waals surface area contributed by atoms with Gasteiger partial charge in [0.25, 0.3) is 5.91 Å². The third-order valence-electron chi connectivity index (χ3n) is 3.88. The maximum Gasteiger partial charge on any atom is 0.252 e. The van der Waals surface area contributed by atoms with E-state index in [1.807, 2.05) is 51.1 Å². The maximum atomic E-state index is 12.4. The molecule has 2 rings (SSSR count). The Morgan fingerprint density at radius 2 is 1.88 bits per heavy atom. The molecule has 0 aliphatic rings. The average molecular weight is 328 g/mol. The number of carbonyl (C=O) groups excluding carboxylic acids is 2. The Morgan fingerprint density at radius 1 is 1.12 bits per heavy atom. The van der Waals surface area contributed by atoms with Gasteiger partial charge in [-0.1, -0.05) is 32.0 Å². The summed E-state index contributed by atoms with van der Waals surface area (Å²) in [6, 6.07) is 10.4. The Morgan fingerprint density at radius 3 is 2.50 bits per heavy atom. The van der Waals surface area contributed by atoms with Gasteiger partial charge in [0.05, 0.1) is 6.26 Å². The number of furan rings is 1. The van der Waals surface area contributed by atoms with Gasteiger partial charge in [0.2, 0.25) is 5.91 Å². The molecule has 1 heterocycles. The quantitative estimate of drug-likeness (QED) is 0.821. The molecule has 0 saturated heterocycles. The minimum atomic E-state index is -0.575. The Kier molecular flexibility index (Phi) is 6.18. The smallest absolute Gasteiger partial charge is 0.252 e. The van der Waals surface area contributed by atoms with Crippen LogP contribution in [0.4, 0.5) is 0 Å². The molecule has 128 valence electrons. The summed E-state index contributed by atoms with van der Waals surface area (Å²) in [4.78, 5) is 24.8. The Hall–Kier alpha value is -2.56. The molecule has 0 radical (unpaired) electrons. The van der Waals surface area contributed by atoms with Gasteiger partial charge in [-0.25, -0.2) is 0 Å². The standard InChI is InChI=1S/C19H24N2O3/c1-13(2)17(19(23)20-11-10-15-8-6-12-24-15)21-18(22)16-9-5-4-7-14(16)3/h4-9,12-13,17H,10-11H2,1-3H3,(H,20,23)(H,21,22)/t17-/m0/s1. The summed E-state index contributed by atoms with van der Waals surface area (Å²) in [5.41, 5.74) is 1.47. The minimum Gasteiger partial charge on any atom is -0.469 e. The highest BCUT2D eigenvalue weighted by Gasteiger charge is 2.24. The Balaban J connectivity index is 1.94. The van der Waals surface area contributed by atoms with Crippen LogP contribution in [-0.4, -0.2) is 24.4 Å². The van der Waals surface area contributed by atoms with Gasteiger partial charge >= 0.3 is 0 Å². The molecular formula is C19H24N2O3. The molecule has 2 N–H and O–H groups in total. The van der Waals surface area contributed by atoms with Crippen LogP contribution in [0.2, 0.25) is 0 Å². The van der Waals surface area contributed by atoms with Crippen molar-refractivity contribution in [1.82, 2.24) is 10.6 Å². The van der Waals surface area contributed by atoms with Gasteiger partial charge in [-0.15, -0.1) is 0 Å². The molecule has 0 spiro atoms. The summed E-state index contributed by atoms with van der Waals surface area (Å²) < 4.78 is 5.24. The summed E-state index contributed by atoms with van der Waals surface area (Å²) in [5, 5.41) is 5.70. The van der Waals surface area contributed by atoms with Crippen LogP contribution in [0.3, 0.4) is 0 Å². The lowest BCUT2D eigenvalue weighted by Crippen LogP contribution is -2.50. The average Bonchev–Trinajstić information content (AvgIpc) is 3.05. The molecule has 0 aliphatic carbocycles. The van der Waals surface area contributed by atoms with E-state index in [1.54, 1.807) is 12.3 Å². The van der Waals surface area contributed by atoms with Crippen molar-refractivity contribution in [2.75, 3.05) is 6.54 Å². The van der Waals surface area contributed by atoms with E-state index >= 15 is 0 Å². The molecule has 0 saturated carbocycles. The molecule has 5 heteroatoms. The third kappa shape index (κ3) is 4.72. The number of rotatable bonds is 7. The zero-order valence-corrected chi connectivity index (χ0v) is 14.3. The lowest BCUT2D eigenvalue weighted by molar-refractivity contribution is -0.123. The van der Waals surface area contributed by atoms with Gasteiger partial charge in [0.15, 0.2) is 0 Å². The van der Waals surface area contributed by atoms with Crippen LogP contribution in [0.15, 0.2) is 47.1 Å². The molecular weight excluding hydrogens is 304 g/mol. The van der Waals surface area contributed by atoms with Crippen LogP contribution < -0.4 is 10.6 Å². The predicted molar refractivity (Wildman–Crippen MR) is 92.7 cm³/mol. The molecule has 5 nitrogen and oxygen atoms in total. The first-order chi connectivity index (χ1) is 11.5. The van der Waals surface area contributed by atoms with Crippen molar-refractivity contribution in [3.63, 3.8) is 0 Å². The fraction of sp³-hybridized carbons (Fsp3) is 0.368. The summed E-state index contributed by atoms with van der Waals surface area (Å²) in [5.74, 6) is 0.397. The number of amides is 2.